The van der Waals surface area contributed by atoms with Crippen LogP contribution >= 0.6 is 12.2 Å². The van der Waals surface area contributed by atoms with Crippen molar-refractivity contribution in [2.75, 3.05) is 11.9 Å². The first-order chi connectivity index (χ1) is 9.42. The highest BCUT2D eigenvalue weighted by molar-refractivity contribution is 7.80. The molecule has 5 heteroatoms. The molecule has 20 heavy (non-hydrogen) atoms. The average molecular weight is 294 g/mol. The van der Waals surface area contributed by atoms with E-state index in [-0.39, 0.29) is 0 Å². The predicted molar refractivity (Wildman–Crippen MR) is 89.2 cm³/mol. The Morgan fingerprint density at radius 3 is 2.30 bits per heavy atom. The summed E-state index contributed by atoms with van der Waals surface area (Å²) in [5.41, 5.74) is 8.87. The summed E-state index contributed by atoms with van der Waals surface area (Å²) in [6.45, 7) is 11.6. The van der Waals surface area contributed by atoms with Crippen molar-refractivity contribution in [1.29, 1.82) is 0 Å². The second kappa shape index (κ2) is 7.53. The van der Waals surface area contributed by atoms with Crippen LogP contribution in [0.2, 0.25) is 0 Å². The molecule has 1 rings (SSSR count). The van der Waals surface area contributed by atoms with Crippen LogP contribution in [-0.4, -0.2) is 21.7 Å². The maximum atomic E-state index is 5.90. The minimum absolute atomic E-state index is 0.395. The fourth-order valence-electron chi connectivity index (χ4n) is 2.06. The van der Waals surface area contributed by atoms with Gasteiger partial charge in [-0.25, -0.2) is 0 Å². The average Bonchev–Trinajstić information content (AvgIpc) is 2.42. The van der Waals surface area contributed by atoms with Gasteiger partial charge in [0, 0.05) is 6.54 Å². The number of nitrogens with one attached hydrogen (secondary N) is 1. The SMILES string of the molecule is CCc1nnc(NCC(C)C(C)C)c(C(N)=S)c1CC. The molecule has 112 valence electrons. The molecule has 3 N–H and O–H groups in total. The van der Waals surface area contributed by atoms with Crippen LogP contribution in [0.4, 0.5) is 5.82 Å². The number of nitrogens with zero attached hydrogens (tertiary/aromatic N) is 2. The van der Waals surface area contributed by atoms with Crippen molar-refractivity contribution in [2.24, 2.45) is 17.6 Å². The van der Waals surface area contributed by atoms with E-state index < -0.39 is 0 Å². The number of rotatable bonds is 7. The van der Waals surface area contributed by atoms with Gasteiger partial charge in [0.1, 0.15) is 4.99 Å². The van der Waals surface area contributed by atoms with Crippen molar-refractivity contribution in [1.82, 2.24) is 10.2 Å². The van der Waals surface area contributed by atoms with Crippen LogP contribution in [0.5, 0.6) is 0 Å². The summed E-state index contributed by atoms with van der Waals surface area (Å²) >= 11 is 5.21. The Labute approximate surface area is 127 Å². The number of hydrogen-bond acceptors (Lipinski definition) is 4. The van der Waals surface area contributed by atoms with E-state index in [4.69, 9.17) is 18.0 Å². The van der Waals surface area contributed by atoms with Crippen molar-refractivity contribution < 1.29 is 0 Å². The molecule has 1 atom stereocenters. The van der Waals surface area contributed by atoms with Crippen LogP contribution in [-0.2, 0) is 12.8 Å². The second-order valence-corrected chi connectivity index (χ2v) is 5.96. The Hall–Kier alpha value is -1.23. The van der Waals surface area contributed by atoms with Gasteiger partial charge < -0.3 is 11.1 Å². The number of aromatic nitrogens is 2. The molecule has 0 bridgehead atoms. The Morgan fingerprint density at radius 1 is 1.20 bits per heavy atom. The minimum atomic E-state index is 0.395. The van der Waals surface area contributed by atoms with Crippen molar-refractivity contribution in [3.05, 3.63) is 16.8 Å². The molecule has 0 aliphatic rings. The van der Waals surface area contributed by atoms with Crippen LogP contribution in [0.1, 0.15) is 51.4 Å². The van der Waals surface area contributed by atoms with Gasteiger partial charge in [-0.15, -0.1) is 5.10 Å². The van der Waals surface area contributed by atoms with Crippen molar-refractivity contribution >= 4 is 23.0 Å². The number of aryl methyl sites for hydroxylation is 1. The molecule has 0 amide bonds. The molecule has 1 aromatic rings. The van der Waals surface area contributed by atoms with Crippen LogP contribution in [0.3, 0.4) is 0 Å². The smallest absolute Gasteiger partial charge is 0.159 e. The van der Waals surface area contributed by atoms with Gasteiger partial charge in [-0.3, -0.25) is 0 Å². The quantitative estimate of drug-likeness (QED) is 0.757. The van der Waals surface area contributed by atoms with Crippen molar-refractivity contribution in [3.8, 4) is 0 Å². The molecule has 0 fully saturated rings. The molecule has 1 heterocycles. The first kappa shape index (κ1) is 16.8. The van der Waals surface area contributed by atoms with Crippen LogP contribution in [0, 0.1) is 11.8 Å². The predicted octanol–water partition coefficient (Wildman–Crippen LogP) is 2.94. The van der Waals surface area contributed by atoms with E-state index in [2.05, 4.69) is 50.1 Å². The highest BCUT2D eigenvalue weighted by Crippen LogP contribution is 2.21. The maximum absolute atomic E-state index is 5.90. The molecule has 4 nitrogen and oxygen atoms in total. The summed E-state index contributed by atoms with van der Waals surface area (Å²) < 4.78 is 0. The largest absolute Gasteiger partial charge is 0.389 e. The Bertz CT molecular complexity index is 471. The summed E-state index contributed by atoms with van der Waals surface area (Å²) in [5, 5.41) is 11.9. The van der Waals surface area contributed by atoms with E-state index in [0.717, 1.165) is 42.0 Å². The van der Waals surface area contributed by atoms with Gasteiger partial charge >= 0.3 is 0 Å². The molecule has 0 saturated heterocycles. The highest BCUT2D eigenvalue weighted by atomic mass is 32.1. The van der Waals surface area contributed by atoms with E-state index >= 15 is 0 Å². The molecular formula is C15H26N4S. The molecule has 0 aliphatic carbocycles. The zero-order valence-corrected chi connectivity index (χ0v) is 14.0. The molecule has 0 spiro atoms. The van der Waals surface area contributed by atoms with Crippen LogP contribution in [0.25, 0.3) is 0 Å². The number of anilines is 1. The summed E-state index contributed by atoms with van der Waals surface area (Å²) in [4.78, 5) is 0.395. The summed E-state index contributed by atoms with van der Waals surface area (Å²) in [6.07, 6.45) is 1.70. The van der Waals surface area contributed by atoms with Gasteiger partial charge in [0.2, 0.25) is 0 Å². The lowest BCUT2D eigenvalue weighted by atomic mass is 9.98. The molecule has 0 aliphatic heterocycles. The normalized spacial score (nSPS) is 12.5. The van der Waals surface area contributed by atoms with Crippen molar-refractivity contribution in [2.45, 2.75) is 47.5 Å². The lowest BCUT2D eigenvalue weighted by Gasteiger charge is -2.19. The molecular weight excluding hydrogens is 268 g/mol. The third-order valence-corrected chi connectivity index (χ3v) is 4.03. The first-order valence-corrected chi connectivity index (χ1v) is 7.75. The fraction of sp³-hybridized carbons (Fsp3) is 0.667. The third-order valence-electron chi connectivity index (χ3n) is 3.82. The van der Waals surface area contributed by atoms with E-state index in [1.807, 2.05) is 0 Å². The van der Waals surface area contributed by atoms with Gasteiger partial charge in [0.05, 0.1) is 11.3 Å². The Balaban J connectivity index is 3.10. The number of nitrogens with two attached hydrogens (primary N) is 1. The zero-order valence-electron chi connectivity index (χ0n) is 13.2. The summed E-state index contributed by atoms with van der Waals surface area (Å²) in [5.74, 6) is 1.88. The monoisotopic (exact) mass is 294 g/mol. The second-order valence-electron chi connectivity index (χ2n) is 5.52. The van der Waals surface area contributed by atoms with Crippen molar-refractivity contribution in [3.63, 3.8) is 0 Å². The molecule has 1 unspecified atom stereocenters. The van der Waals surface area contributed by atoms with E-state index in [1.54, 1.807) is 0 Å². The van der Waals surface area contributed by atoms with E-state index in [0.29, 0.717) is 16.8 Å². The van der Waals surface area contributed by atoms with E-state index in [9.17, 15) is 0 Å². The van der Waals surface area contributed by atoms with Crippen LogP contribution in [0.15, 0.2) is 0 Å². The van der Waals surface area contributed by atoms with Gasteiger partial charge in [0.25, 0.3) is 0 Å². The summed E-state index contributed by atoms with van der Waals surface area (Å²) in [6, 6.07) is 0. The van der Waals surface area contributed by atoms with Gasteiger partial charge in [-0.2, -0.15) is 5.10 Å². The summed E-state index contributed by atoms with van der Waals surface area (Å²) in [7, 11) is 0. The minimum Gasteiger partial charge on any atom is -0.389 e. The highest BCUT2D eigenvalue weighted by Gasteiger charge is 2.17. The number of hydrogen-bond donors (Lipinski definition) is 2. The molecule has 1 aromatic heterocycles. The topological polar surface area (TPSA) is 63.8 Å². The van der Waals surface area contributed by atoms with Gasteiger partial charge in [-0.05, 0) is 30.2 Å². The molecule has 0 radical (unpaired) electrons. The first-order valence-electron chi connectivity index (χ1n) is 7.34. The standard InChI is InChI=1S/C15H26N4S/c1-6-11-12(7-2)18-19-15(13(11)14(16)20)17-8-10(5)9(3)4/h9-10H,6-8H2,1-5H3,(H2,16,20)(H,17,19). The molecule has 0 saturated carbocycles. The fourth-order valence-corrected chi connectivity index (χ4v) is 2.28. The lowest BCUT2D eigenvalue weighted by Crippen LogP contribution is -2.23. The zero-order chi connectivity index (χ0) is 15.3. The van der Waals surface area contributed by atoms with Gasteiger partial charge in [0.15, 0.2) is 5.82 Å². The lowest BCUT2D eigenvalue weighted by molar-refractivity contribution is 0.439. The van der Waals surface area contributed by atoms with Crippen LogP contribution < -0.4 is 11.1 Å². The molecule has 0 aromatic carbocycles. The van der Waals surface area contributed by atoms with Gasteiger partial charge in [-0.1, -0.05) is 46.8 Å². The maximum Gasteiger partial charge on any atom is 0.159 e. The Kier molecular flexibility index (Phi) is 6.33. The number of thiocarbonyl (C=S) groups is 1. The Morgan fingerprint density at radius 2 is 1.85 bits per heavy atom. The third kappa shape index (κ3) is 3.88. The van der Waals surface area contributed by atoms with E-state index in [1.165, 1.54) is 0 Å².